The van der Waals surface area contributed by atoms with Crippen molar-refractivity contribution in [2.24, 2.45) is 0 Å². The van der Waals surface area contributed by atoms with E-state index < -0.39 is 0 Å². The molecule has 0 spiro atoms. The molecule has 0 atom stereocenters. The third-order valence-corrected chi connectivity index (χ3v) is 1.16. The van der Waals surface area contributed by atoms with Crippen molar-refractivity contribution in [3.8, 4) is 5.88 Å². The molecule has 0 aromatic carbocycles. The Kier molecular flexibility index (Phi) is 2.48. The lowest BCUT2D eigenvalue weighted by Crippen LogP contribution is -1.98. The summed E-state index contributed by atoms with van der Waals surface area (Å²) in [5, 5.41) is 0.105. The van der Waals surface area contributed by atoms with Crippen LogP contribution in [0.25, 0.3) is 0 Å². The molecule has 11 heavy (non-hydrogen) atoms. The smallest absolute Gasteiger partial charge is 0.227 e. The van der Waals surface area contributed by atoms with Crippen LogP contribution < -0.4 is 10.5 Å². The summed E-state index contributed by atoms with van der Waals surface area (Å²) in [5.74, 6) is 0.721. The van der Waals surface area contributed by atoms with Crippen LogP contribution in [0.4, 0.5) is 5.82 Å². The topological polar surface area (TPSA) is 61.0 Å². The lowest BCUT2D eigenvalue weighted by Gasteiger charge is -2.01. The van der Waals surface area contributed by atoms with E-state index in [1.807, 2.05) is 6.92 Å². The number of hydrogen-bond acceptors (Lipinski definition) is 4. The molecule has 2 N–H and O–H groups in total. The number of nitrogens with zero attached hydrogens (tertiary/aromatic N) is 2. The highest BCUT2D eigenvalue weighted by atomic mass is 35.5. The number of halogens is 1. The van der Waals surface area contributed by atoms with Crippen LogP contribution in [0.3, 0.4) is 0 Å². The Labute approximate surface area is 69.4 Å². The van der Waals surface area contributed by atoms with Crippen LogP contribution in [0.1, 0.15) is 6.92 Å². The van der Waals surface area contributed by atoms with Gasteiger partial charge in [-0.1, -0.05) is 0 Å². The predicted octanol–water partition coefficient (Wildman–Crippen LogP) is 1.11. The lowest BCUT2D eigenvalue weighted by molar-refractivity contribution is 0.326. The average Bonchev–Trinajstić information content (AvgIpc) is 1.85. The van der Waals surface area contributed by atoms with Gasteiger partial charge in [0.2, 0.25) is 11.2 Å². The average molecular weight is 174 g/mol. The van der Waals surface area contributed by atoms with Crippen LogP contribution in [0, 0.1) is 0 Å². The van der Waals surface area contributed by atoms with Gasteiger partial charge < -0.3 is 10.5 Å². The zero-order valence-electron chi connectivity index (χ0n) is 6.04. The minimum atomic E-state index is 0.105. The molecule has 0 radical (unpaired) electrons. The minimum absolute atomic E-state index is 0.105. The molecule has 0 aliphatic heterocycles. The Bertz CT molecular complexity index is 233. The molecular weight excluding hydrogens is 166 g/mol. The molecule has 0 saturated heterocycles. The summed E-state index contributed by atoms with van der Waals surface area (Å²) in [4.78, 5) is 7.44. The van der Waals surface area contributed by atoms with Crippen LogP contribution in [0.15, 0.2) is 6.07 Å². The molecule has 1 rings (SSSR count). The number of hydrogen-bond donors (Lipinski definition) is 1. The molecular formula is C6H8ClN3O. The molecule has 0 aliphatic carbocycles. The van der Waals surface area contributed by atoms with Crippen LogP contribution >= 0.6 is 11.6 Å². The molecule has 0 fully saturated rings. The monoisotopic (exact) mass is 173 g/mol. The van der Waals surface area contributed by atoms with Gasteiger partial charge in [-0.15, -0.1) is 0 Å². The Morgan fingerprint density at radius 3 is 2.91 bits per heavy atom. The standard InChI is InChI=1S/C6H8ClN3O/c1-2-11-5-3-4(8)9-6(7)10-5/h3H,2H2,1H3,(H2,8,9,10). The molecule has 0 amide bonds. The molecule has 0 aliphatic rings. The summed E-state index contributed by atoms with van der Waals surface area (Å²) in [6.45, 7) is 2.39. The van der Waals surface area contributed by atoms with Crippen LogP contribution in [-0.2, 0) is 0 Å². The van der Waals surface area contributed by atoms with Gasteiger partial charge in [0.05, 0.1) is 6.61 Å². The van der Waals surface area contributed by atoms with Gasteiger partial charge in [0.15, 0.2) is 0 Å². The maximum absolute atomic E-state index is 5.50. The van der Waals surface area contributed by atoms with Crippen molar-refractivity contribution >= 4 is 17.4 Å². The summed E-state index contributed by atoms with van der Waals surface area (Å²) >= 11 is 5.50. The summed E-state index contributed by atoms with van der Waals surface area (Å²) < 4.78 is 5.05. The molecule has 1 heterocycles. The third kappa shape index (κ3) is 2.23. The van der Waals surface area contributed by atoms with Crippen molar-refractivity contribution in [1.82, 2.24) is 9.97 Å². The van der Waals surface area contributed by atoms with E-state index in [1.54, 1.807) is 0 Å². The van der Waals surface area contributed by atoms with E-state index >= 15 is 0 Å². The molecule has 1 aromatic rings. The van der Waals surface area contributed by atoms with E-state index in [4.69, 9.17) is 22.1 Å². The Morgan fingerprint density at radius 1 is 1.64 bits per heavy atom. The van der Waals surface area contributed by atoms with Gasteiger partial charge in [-0.25, -0.2) is 4.98 Å². The SMILES string of the molecule is CCOc1cc(N)nc(Cl)n1. The number of rotatable bonds is 2. The van der Waals surface area contributed by atoms with E-state index in [1.165, 1.54) is 6.07 Å². The molecule has 5 heteroatoms. The Hall–Kier alpha value is -1.03. The number of aromatic nitrogens is 2. The summed E-state index contributed by atoms with van der Waals surface area (Å²) in [5.41, 5.74) is 5.37. The van der Waals surface area contributed by atoms with E-state index in [2.05, 4.69) is 9.97 Å². The van der Waals surface area contributed by atoms with Gasteiger partial charge >= 0.3 is 0 Å². The maximum Gasteiger partial charge on any atom is 0.227 e. The van der Waals surface area contributed by atoms with Crippen molar-refractivity contribution in [2.75, 3.05) is 12.3 Å². The molecule has 4 nitrogen and oxygen atoms in total. The predicted molar refractivity (Wildman–Crippen MR) is 42.6 cm³/mol. The van der Waals surface area contributed by atoms with E-state index in [9.17, 15) is 0 Å². The zero-order chi connectivity index (χ0) is 8.27. The Morgan fingerprint density at radius 2 is 2.36 bits per heavy atom. The fourth-order valence-corrected chi connectivity index (χ4v) is 0.816. The first-order valence-electron chi connectivity index (χ1n) is 3.15. The van der Waals surface area contributed by atoms with E-state index in [0.29, 0.717) is 18.3 Å². The summed E-state index contributed by atoms with van der Waals surface area (Å²) in [6, 6.07) is 1.52. The molecule has 1 aromatic heterocycles. The van der Waals surface area contributed by atoms with E-state index in [-0.39, 0.29) is 5.28 Å². The second kappa shape index (κ2) is 3.39. The first-order valence-corrected chi connectivity index (χ1v) is 3.53. The summed E-state index contributed by atoms with van der Waals surface area (Å²) in [6.07, 6.45) is 0. The second-order valence-electron chi connectivity index (χ2n) is 1.83. The van der Waals surface area contributed by atoms with Gasteiger partial charge in [-0.2, -0.15) is 4.98 Å². The number of anilines is 1. The quantitative estimate of drug-likeness (QED) is 0.681. The van der Waals surface area contributed by atoms with Gasteiger partial charge in [-0.3, -0.25) is 0 Å². The molecule has 0 bridgehead atoms. The van der Waals surface area contributed by atoms with Crippen molar-refractivity contribution in [3.63, 3.8) is 0 Å². The first-order chi connectivity index (χ1) is 5.22. The number of nitrogen functional groups attached to an aromatic ring is 1. The van der Waals surface area contributed by atoms with Crippen molar-refractivity contribution in [3.05, 3.63) is 11.3 Å². The van der Waals surface area contributed by atoms with Crippen LogP contribution in [0.5, 0.6) is 5.88 Å². The molecule has 0 unspecified atom stereocenters. The van der Waals surface area contributed by atoms with Gasteiger partial charge in [0, 0.05) is 6.07 Å². The Balaban J connectivity index is 2.89. The van der Waals surface area contributed by atoms with Gasteiger partial charge in [0.1, 0.15) is 5.82 Å². The minimum Gasteiger partial charge on any atom is -0.478 e. The maximum atomic E-state index is 5.50. The highest BCUT2D eigenvalue weighted by Gasteiger charge is 1.99. The van der Waals surface area contributed by atoms with Gasteiger partial charge in [-0.05, 0) is 18.5 Å². The number of ether oxygens (including phenoxy) is 1. The fourth-order valence-electron chi connectivity index (χ4n) is 0.635. The third-order valence-electron chi connectivity index (χ3n) is 0.987. The fraction of sp³-hybridized carbons (Fsp3) is 0.333. The number of nitrogens with two attached hydrogens (primary N) is 1. The first kappa shape index (κ1) is 8.07. The second-order valence-corrected chi connectivity index (χ2v) is 2.17. The van der Waals surface area contributed by atoms with Crippen molar-refractivity contribution < 1.29 is 4.74 Å². The van der Waals surface area contributed by atoms with Crippen LogP contribution in [0.2, 0.25) is 5.28 Å². The highest BCUT2D eigenvalue weighted by Crippen LogP contribution is 2.13. The highest BCUT2D eigenvalue weighted by molar-refractivity contribution is 6.28. The zero-order valence-corrected chi connectivity index (χ0v) is 6.80. The largest absolute Gasteiger partial charge is 0.478 e. The molecule has 60 valence electrons. The normalized spacial score (nSPS) is 9.64. The van der Waals surface area contributed by atoms with Gasteiger partial charge in [0.25, 0.3) is 0 Å². The summed E-state index contributed by atoms with van der Waals surface area (Å²) in [7, 11) is 0. The lowest BCUT2D eigenvalue weighted by atomic mass is 10.6. The van der Waals surface area contributed by atoms with Crippen molar-refractivity contribution in [2.45, 2.75) is 6.92 Å². The molecule has 0 saturated carbocycles. The van der Waals surface area contributed by atoms with Crippen LogP contribution in [-0.4, -0.2) is 16.6 Å². The van der Waals surface area contributed by atoms with Crippen molar-refractivity contribution in [1.29, 1.82) is 0 Å². The van der Waals surface area contributed by atoms with E-state index in [0.717, 1.165) is 0 Å².